The van der Waals surface area contributed by atoms with Crippen molar-refractivity contribution >= 4 is 5.78 Å². The molecule has 0 saturated heterocycles. The van der Waals surface area contributed by atoms with Gasteiger partial charge in [0, 0.05) is 31.8 Å². The van der Waals surface area contributed by atoms with Crippen LogP contribution in [0.25, 0.3) is 0 Å². The number of rotatable bonds is 5. The summed E-state index contributed by atoms with van der Waals surface area (Å²) < 4.78 is 48.0. The second kappa shape index (κ2) is 6.16. The number of halogens is 3. The van der Waals surface area contributed by atoms with Crippen LogP contribution in [-0.2, 0) is 15.7 Å². The van der Waals surface area contributed by atoms with Crippen LogP contribution in [0.4, 0.5) is 13.2 Å². The lowest BCUT2D eigenvalue weighted by Crippen LogP contribution is -2.14. The molecule has 0 aliphatic rings. The highest BCUT2D eigenvalue weighted by Gasteiger charge is 2.32. The number of carbonyl (C=O) groups excluding carboxylic acids is 1. The molecule has 0 radical (unpaired) electrons. The summed E-state index contributed by atoms with van der Waals surface area (Å²) >= 11 is 0. The minimum absolute atomic E-state index is 0.0895. The third-order valence-electron chi connectivity index (χ3n) is 2.68. The highest BCUT2D eigenvalue weighted by molar-refractivity contribution is 5.97. The van der Waals surface area contributed by atoms with Gasteiger partial charge in [-0.05, 0) is 12.1 Å². The molecule has 0 spiro atoms. The average molecular weight is 276 g/mol. The lowest BCUT2D eigenvalue weighted by atomic mass is 9.98. The maximum atomic E-state index is 12.7. The van der Waals surface area contributed by atoms with Crippen molar-refractivity contribution in [2.75, 3.05) is 14.2 Å². The van der Waals surface area contributed by atoms with E-state index in [1.54, 1.807) is 6.92 Å². The monoisotopic (exact) mass is 276 g/mol. The second-order valence-corrected chi connectivity index (χ2v) is 3.88. The Morgan fingerprint density at radius 2 is 1.84 bits per heavy atom. The van der Waals surface area contributed by atoms with Crippen LogP contribution in [0.5, 0.6) is 0 Å². The van der Waals surface area contributed by atoms with E-state index in [1.165, 1.54) is 14.2 Å². The summed E-state index contributed by atoms with van der Waals surface area (Å²) in [6.45, 7) is 1.64. The van der Waals surface area contributed by atoms with Gasteiger partial charge in [-0.2, -0.15) is 13.2 Å². The molecular formula is C13H15F3O3. The fourth-order valence-electron chi connectivity index (χ4n) is 1.73. The SMILES string of the molecule is CCC(=O)c1ccc(C(F)(F)F)cc1C(OC)OC. The number of methoxy groups -OCH3 is 2. The fourth-order valence-corrected chi connectivity index (χ4v) is 1.73. The van der Waals surface area contributed by atoms with Gasteiger partial charge in [-0.15, -0.1) is 0 Å². The van der Waals surface area contributed by atoms with Gasteiger partial charge in [0.05, 0.1) is 5.56 Å². The van der Waals surface area contributed by atoms with Crippen LogP contribution in [0.3, 0.4) is 0 Å². The molecule has 0 bridgehead atoms. The largest absolute Gasteiger partial charge is 0.416 e. The Labute approximate surface area is 109 Å². The van der Waals surface area contributed by atoms with E-state index in [0.717, 1.165) is 18.2 Å². The summed E-state index contributed by atoms with van der Waals surface area (Å²) in [7, 11) is 2.60. The van der Waals surface area contributed by atoms with Gasteiger partial charge in [-0.25, -0.2) is 0 Å². The highest BCUT2D eigenvalue weighted by atomic mass is 19.4. The zero-order chi connectivity index (χ0) is 14.6. The molecular weight excluding hydrogens is 261 g/mol. The maximum Gasteiger partial charge on any atom is 0.416 e. The van der Waals surface area contributed by atoms with E-state index in [-0.39, 0.29) is 23.3 Å². The molecule has 0 aliphatic carbocycles. The van der Waals surface area contributed by atoms with Crippen LogP contribution < -0.4 is 0 Å². The fraction of sp³-hybridized carbons (Fsp3) is 0.462. The van der Waals surface area contributed by atoms with Crippen LogP contribution in [0.1, 0.15) is 41.1 Å². The topological polar surface area (TPSA) is 35.5 Å². The van der Waals surface area contributed by atoms with E-state index in [1.807, 2.05) is 0 Å². The van der Waals surface area contributed by atoms with Crippen molar-refractivity contribution in [1.82, 2.24) is 0 Å². The van der Waals surface area contributed by atoms with Gasteiger partial charge < -0.3 is 9.47 Å². The van der Waals surface area contributed by atoms with Crippen LogP contribution in [0.2, 0.25) is 0 Å². The average Bonchev–Trinajstić information content (AvgIpc) is 2.38. The number of Topliss-reactive ketones (excluding diaryl/α,β-unsaturated/α-hetero) is 1. The molecule has 106 valence electrons. The minimum Gasteiger partial charge on any atom is -0.352 e. The van der Waals surface area contributed by atoms with Gasteiger partial charge in [0.1, 0.15) is 0 Å². The summed E-state index contributed by atoms with van der Waals surface area (Å²) in [5.74, 6) is -0.261. The third-order valence-corrected chi connectivity index (χ3v) is 2.68. The molecule has 0 aliphatic heterocycles. The Kier molecular flexibility index (Phi) is 5.08. The Hall–Kier alpha value is -1.40. The predicted molar refractivity (Wildman–Crippen MR) is 62.8 cm³/mol. The normalized spacial score (nSPS) is 11.9. The van der Waals surface area contributed by atoms with Crippen molar-refractivity contribution < 1.29 is 27.4 Å². The standard InChI is InChI=1S/C13H15F3O3/c1-4-11(17)9-6-5-8(13(14,15)16)7-10(9)12(18-2)19-3/h5-7,12H,4H2,1-3H3. The molecule has 19 heavy (non-hydrogen) atoms. The third kappa shape index (κ3) is 3.54. The van der Waals surface area contributed by atoms with Crippen molar-refractivity contribution in [3.8, 4) is 0 Å². The number of ether oxygens (including phenoxy) is 2. The summed E-state index contributed by atoms with van der Waals surface area (Å²) in [4.78, 5) is 11.7. The van der Waals surface area contributed by atoms with E-state index in [4.69, 9.17) is 9.47 Å². The van der Waals surface area contributed by atoms with Crippen molar-refractivity contribution in [2.24, 2.45) is 0 Å². The van der Waals surface area contributed by atoms with Crippen LogP contribution in [-0.4, -0.2) is 20.0 Å². The number of hydrogen-bond donors (Lipinski definition) is 0. The van der Waals surface area contributed by atoms with E-state index in [9.17, 15) is 18.0 Å². The zero-order valence-electron chi connectivity index (χ0n) is 10.9. The summed E-state index contributed by atoms with van der Waals surface area (Å²) in [6, 6.07) is 2.93. The first-order chi connectivity index (χ1) is 8.85. The van der Waals surface area contributed by atoms with Gasteiger partial charge in [-0.1, -0.05) is 13.0 Å². The molecule has 0 atom stereocenters. The molecule has 1 rings (SSSR count). The number of carbonyl (C=O) groups is 1. The number of ketones is 1. The van der Waals surface area contributed by atoms with Gasteiger partial charge in [0.25, 0.3) is 0 Å². The van der Waals surface area contributed by atoms with Gasteiger partial charge >= 0.3 is 6.18 Å². The number of hydrogen-bond acceptors (Lipinski definition) is 3. The molecule has 1 aromatic rings. The summed E-state index contributed by atoms with van der Waals surface area (Å²) in [6.07, 6.45) is -5.29. The molecule has 0 N–H and O–H groups in total. The molecule has 0 fully saturated rings. The minimum atomic E-state index is -4.48. The molecule has 0 heterocycles. The predicted octanol–water partition coefficient (Wildman–Crippen LogP) is 3.59. The molecule has 1 aromatic carbocycles. The second-order valence-electron chi connectivity index (χ2n) is 3.88. The summed E-state index contributed by atoms with van der Waals surface area (Å²) in [5, 5.41) is 0. The smallest absolute Gasteiger partial charge is 0.352 e. The Bertz CT molecular complexity index is 451. The Morgan fingerprint density at radius 3 is 2.26 bits per heavy atom. The summed E-state index contributed by atoms with van der Waals surface area (Å²) in [5.41, 5.74) is -0.565. The first-order valence-corrected chi connectivity index (χ1v) is 5.65. The van der Waals surface area contributed by atoms with Crippen molar-refractivity contribution in [3.05, 3.63) is 34.9 Å². The van der Waals surface area contributed by atoms with Gasteiger partial charge in [-0.3, -0.25) is 4.79 Å². The quantitative estimate of drug-likeness (QED) is 0.609. The lowest BCUT2D eigenvalue weighted by Gasteiger charge is -2.19. The van der Waals surface area contributed by atoms with E-state index in [0.29, 0.717) is 0 Å². The maximum absolute atomic E-state index is 12.7. The number of benzene rings is 1. The van der Waals surface area contributed by atoms with Crippen LogP contribution in [0, 0.1) is 0 Å². The zero-order valence-corrected chi connectivity index (χ0v) is 10.9. The molecule has 0 amide bonds. The van der Waals surface area contributed by atoms with Crippen LogP contribution >= 0.6 is 0 Å². The first-order valence-electron chi connectivity index (χ1n) is 5.65. The molecule has 6 heteroatoms. The van der Waals surface area contributed by atoms with Crippen molar-refractivity contribution in [3.63, 3.8) is 0 Å². The molecule has 0 aromatic heterocycles. The van der Waals surface area contributed by atoms with E-state index >= 15 is 0 Å². The Balaban J connectivity index is 3.38. The molecule has 3 nitrogen and oxygen atoms in total. The molecule has 0 unspecified atom stereocenters. The van der Waals surface area contributed by atoms with Gasteiger partial charge in [0.15, 0.2) is 12.1 Å². The van der Waals surface area contributed by atoms with E-state index in [2.05, 4.69) is 0 Å². The van der Waals surface area contributed by atoms with Crippen molar-refractivity contribution in [2.45, 2.75) is 25.8 Å². The lowest BCUT2D eigenvalue weighted by molar-refractivity contribution is -0.138. The van der Waals surface area contributed by atoms with E-state index < -0.39 is 18.0 Å². The highest BCUT2D eigenvalue weighted by Crippen LogP contribution is 2.33. The molecule has 0 saturated carbocycles. The Morgan fingerprint density at radius 1 is 1.26 bits per heavy atom. The first kappa shape index (κ1) is 15.7. The van der Waals surface area contributed by atoms with Gasteiger partial charge in [0.2, 0.25) is 0 Å². The van der Waals surface area contributed by atoms with Crippen LogP contribution in [0.15, 0.2) is 18.2 Å². The van der Waals surface area contributed by atoms with Crippen molar-refractivity contribution in [1.29, 1.82) is 0 Å². The number of alkyl halides is 3.